The molecule has 0 radical (unpaired) electrons. The van der Waals surface area contributed by atoms with Crippen LogP contribution in [0.4, 0.5) is 0 Å². The summed E-state index contributed by atoms with van der Waals surface area (Å²) >= 11 is 0. The average molecular weight is 410 g/mol. The Balaban J connectivity index is 1.49. The van der Waals surface area contributed by atoms with Gasteiger partial charge in [0.25, 0.3) is 0 Å². The van der Waals surface area contributed by atoms with Gasteiger partial charge in [-0.05, 0) is 51.8 Å². The van der Waals surface area contributed by atoms with Crippen LogP contribution in [0.2, 0.25) is 0 Å². The van der Waals surface area contributed by atoms with Gasteiger partial charge < -0.3 is 19.0 Å². The van der Waals surface area contributed by atoms with Gasteiger partial charge in [-0.2, -0.15) is 0 Å². The summed E-state index contributed by atoms with van der Waals surface area (Å²) in [5.41, 5.74) is 1.71. The van der Waals surface area contributed by atoms with Gasteiger partial charge >= 0.3 is 11.6 Å². The van der Waals surface area contributed by atoms with Gasteiger partial charge in [-0.25, -0.2) is 9.59 Å². The third-order valence-electron chi connectivity index (χ3n) is 6.23. The van der Waals surface area contributed by atoms with Gasteiger partial charge in [-0.1, -0.05) is 18.6 Å². The first-order chi connectivity index (χ1) is 14.2. The molecule has 30 heavy (non-hydrogen) atoms. The highest BCUT2D eigenvalue weighted by Crippen LogP contribution is 2.48. The van der Waals surface area contributed by atoms with Gasteiger partial charge in [-0.15, -0.1) is 0 Å². The lowest BCUT2D eigenvalue weighted by Crippen LogP contribution is -2.33. The third-order valence-corrected chi connectivity index (χ3v) is 6.23. The summed E-state index contributed by atoms with van der Waals surface area (Å²) in [6.07, 6.45) is 5.98. The number of rotatable bonds is 5. The molecule has 0 unspecified atom stereocenters. The first-order valence-corrected chi connectivity index (χ1v) is 10.2. The normalized spacial score (nSPS) is 25.8. The van der Waals surface area contributed by atoms with E-state index < -0.39 is 11.2 Å². The van der Waals surface area contributed by atoms with E-state index in [9.17, 15) is 14.7 Å². The minimum absolute atomic E-state index is 0.0398. The number of fused-ring (bicyclic) bond motifs is 3. The van der Waals surface area contributed by atoms with E-state index in [-0.39, 0.29) is 23.7 Å². The highest BCUT2D eigenvalue weighted by atomic mass is 16.5. The largest absolute Gasteiger partial charge is 0.508 e. The van der Waals surface area contributed by atoms with Crippen LogP contribution >= 0.6 is 0 Å². The zero-order valence-corrected chi connectivity index (χ0v) is 17.7. The molecule has 3 heterocycles. The van der Waals surface area contributed by atoms with Crippen LogP contribution in [0, 0.1) is 0 Å². The molecule has 0 saturated carbocycles. The molecule has 0 aliphatic carbocycles. The van der Waals surface area contributed by atoms with Crippen molar-refractivity contribution in [2.75, 3.05) is 0 Å². The van der Waals surface area contributed by atoms with Crippen molar-refractivity contribution >= 4 is 16.9 Å². The standard InChI is InChI=1S/C24H26O6/c1-13(10-17-11-14(2)22(26)28-17)6-5-9-24(4)15(3)20-21(30-24)18-8-7-16(25)12-19(18)29-23(20)27/h6-8,11-12,15,17,25H,5,9-10H2,1-4H3/t15-,17+,24+/m0/s1. The molecule has 0 bridgehead atoms. The maximum Gasteiger partial charge on any atom is 0.343 e. The van der Waals surface area contributed by atoms with E-state index in [1.54, 1.807) is 19.1 Å². The van der Waals surface area contributed by atoms with E-state index in [1.807, 2.05) is 26.8 Å². The Morgan fingerprint density at radius 1 is 1.30 bits per heavy atom. The summed E-state index contributed by atoms with van der Waals surface area (Å²) in [6, 6.07) is 4.70. The summed E-state index contributed by atoms with van der Waals surface area (Å²) in [5.74, 6) is 0.219. The van der Waals surface area contributed by atoms with Crippen LogP contribution in [0.5, 0.6) is 11.5 Å². The van der Waals surface area contributed by atoms with Crippen molar-refractivity contribution in [1.82, 2.24) is 0 Å². The highest BCUT2D eigenvalue weighted by molar-refractivity contribution is 5.90. The third kappa shape index (κ3) is 3.51. The first kappa shape index (κ1) is 20.3. The predicted octanol–water partition coefficient (Wildman–Crippen LogP) is 4.74. The van der Waals surface area contributed by atoms with Gasteiger partial charge in [0.1, 0.15) is 28.8 Å². The second-order valence-corrected chi connectivity index (χ2v) is 8.54. The van der Waals surface area contributed by atoms with Crippen LogP contribution in [-0.2, 0) is 9.53 Å². The number of ether oxygens (including phenoxy) is 2. The summed E-state index contributed by atoms with van der Waals surface area (Å²) in [7, 11) is 0. The molecule has 1 N–H and O–H groups in total. The average Bonchev–Trinajstić information content (AvgIpc) is 3.11. The number of esters is 1. The molecule has 0 spiro atoms. The summed E-state index contributed by atoms with van der Waals surface area (Å²) in [6.45, 7) is 7.79. The molecule has 1 aromatic carbocycles. The van der Waals surface area contributed by atoms with Crippen LogP contribution < -0.4 is 10.4 Å². The molecule has 2 aromatic rings. The maximum absolute atomic E-state index is 12.6. The zero-order valence-electron chi connectivity index (χ0n) is 17.7. The van der Waals surface area contributed by atoms with E-state index in [4.69, 9.17) is 13.9 Å². The van der Waals surface area contributed by atoms with E-state index >= 15 is 0 Å². The van der Waals surface area contributed by atoms with Crippen molar-refractivity contribution in [2.45, 2.75) is 64.6 Å². The molecule has 0 fully saturated rings. The Morgan fingerprint density at radius 3 is 2.77 bits per heavy atom. The lowest BCUT2D eigenvalue weighted by atomic mass is 9.84. The number of benzene rings is 1. The lowest BCUT2D eigenvalue weighted by molar-refractivity contribution is -0.139. The highest BCUT2D eigenvalue weighted by Gasteiger charge is 2.44. The van der Waals surface area contributed by atoms with Crippen molar-refractivity contribution in [1.29, 1.82) is 0 Å². The van der Waals surface area contributed by atoms with Crippen LogP contribution in [0.25, 0.3) is 11.0 Å². The zero-order chi connectivity index (χ0) is 21.6. The smallest absolute Gasteiger partial charge is 0.343 e. The molecule has 1 aromatic heterocycles. The predicted molar refractivity (Wildman–Crippen MR) is 113 cm³/mol. The van der Waals surface area contributed by atoms with Crippen molar-refractivity contribution < 1.29 is 23.8 Å². The number of carbonyl (C=O) groups is 1. The maximum atomic E-state index is 12.6. The number of carbonyl (C=O) groups excluding carboxylic acids is 1. The second kappa shape index (κ2) is 7.35. The molecule has 6 heteroatoms. The van der Waals surface area contributed by atoms with Gasteiger partial charge in [0, 0.05) is 24.0 Å². The molecule has 0 amide bonds. The Morgan fingerprint density at radius 2 is 2.07 bits per heavy atom. The molecule has 158 valence electrons. The van der Waals surface area contributed by atoms with E-state index in [0.717, 1.165) is 18.4 Å². The Bertz CT molecular complexity index is 1140. The van der Waals surface area contributed by atoms with Crippen LogP contribution in [0.3, 0.4) is 0 Å². The fourth-order valence-corrected chi connectivity index (χ4v) is 4.27. The minimum atomic E-state index is -0.545. The van der Waals surface area contributed by atoms with Gasteiger partial charge in [0.2, 0.25) is 0 Å². The van der Waals surface area contributed by atoms with Crippen LogP contribution in [-0.4, -0.2) is 22.8 Å². The van der Waals surface area contributed by atoms with Crippen molar-refractivity contribution in [2.24, 2.45) is 0 Å². The number of hydrogen-bond donors (Lipinski definition) is 1. The molecule has 2 aliphatic rings. The van der Waals surface area contributed by atoms with E-state index in [1.165, 1.54) is 6.07 Å². The molecular weight excluding hydrogens is 384 g/mol. The van der Waals surface area contributed by atoms with Crippen molar-refractivity contribution in [3.8, 4) is 11.5 Å². The fraction of sp³-hybridized carbons (Fsp3) is 0.417. The Kier molecular flexibility index (Phi) is 4.96. The SMILES string of the molecule is CC(=CCC[C@@]1(C)Oc2c(c(=O)oc3cc(O)ccc23)[C@@H]1C)C[C@@H]1C=C(C)C(=O)O1. The number of allylic oxidation sites excluding steroid dienone is 1. The monoisotopic (exact) mass is 410 g/mol. The lowest BCUT2D eigenvalue weighted by Gasteiger charge is -2.28. The number of phenols is 1. The molecular formula is C24H26O6. The molecule has 2 aliphatic heterocycles. The van der Waals surface area contributed by atoms with Crippen LogP contribution in [0.1, 0.15) is 58.4 Å². The first-order valence-electron chi connectivity index (χ1n) is 10.2. The fourth-order valence-electron chi connectivity index (χ4n) is 4.27. The minimum Gasteiger partial charge on any atom is -0.508 e. The quantitative estimate of drug-likeness (QED) is 0.435. The topological polar surface area (TPSA) is 86.0 Å². The Labute approximate surface area is 174 Å². The van der Waals surface area contributed by atoms with Gasteiger partial charge in [0.15, 0.2) is 0 Å². The van der Waals surface area contributed by atoms with Crippen molar-refractivity contribution in [3.05, 3.63) is 57.5 Å². The van der Waals surface area contributed by atoms with Gasteiger partial charge in [0.05, 0.1) is 10.9 Å². The molecule has 6 nitrogen and oxygen atoms in total. The molecule has 0 saturated heterocycles. The summed E-state index contributed by atoms with van der Waals surface area (Å²) in [5, 5.41) is 10.4. The van der Waals surface area contributed by atoms with Gasteiger partial charge in [-0.3, -0.25) is 0 Å². The van der Waals surface area contributed by atoms with E-state index in [2.05, 4.69) is 6.08 Å². The molecule has 4 rings (SSSR count). The Hall–Kier alpha value is -3.02. The summed E-state index contributed by atoms with van der Waals surface area (Å²) < 4.78 is 17.1. The number of phenolic OH excluding ortho intramolecular Hbond substituents is 1. The second-order valence-electron chi connectivity index (χ2n) is 8.54. The number of hydrogen-bond acceptors (Lipinski definition) is 6. The van der Waals surface area contributed by atoms with E-state index in [0.29, 0.717) is 34.3 Å². The van der Waals surface area contributed by atoms with Crippen molar-refractivity contribution in [3.63, 3.8) is 0 Å². The number of aromatic hydroxyl groups is 1. The summed E-state index contributed by atoms with van der Waals surface area (Å²) in [4.78, 5) is 24.1. The molecule has 3 atom stereocenters. The number of cyclic esters (lactones) is 1. The van der Waals surface area contributed by atoms with Crippen LogP contribution in [0.15, 0.2) is 50.7 Å².